The first-order chi connectivity index (χ1) is 13.8. The number of piperazine rings is 1. The monoisotopic (exact) mass is 375 g/mol. The predicted octanol–water partition coefficient (Wildman–Crippen LogP) is 2.63. The molecule has 1 amide bonds. The Bertz CT molecular complexity index is 869. The lowest BCUT2D eigenvalue weighted by Crippen LogP contribution is -2.48. The number of para-hydroxylation sites is 1. The van der Waals surface area contributed by atoms with Crippen molar-refractivity contribution in [3.8, 4) is 5.69 Å². The molecule has 6 nitrogen and oxygen atoms in total. The van der Waals surface area contributed by atoms with E-state index in [1.54, 1.807) is 6.20 Å². The number of anilines is 1. The minimum absolute atomic E-state index is 0.0499. The van der Waals surface area contributed by atoms with Crippen molar-refractivity contribution < 1.29 is 4.79 Å². The van der Waals surface area contributed by atoms with Gasteiger partial charge in [0.2, 0.25) is 5.91 Å². The predicted molar refractivity (Wildman–Crippen MR) is 110 cm³/mol. The van der Waals surface area contributed by atoms with E-state index in [2.05, 4.69) is 44.5 Å². The molecule has 4 rings (SSSR count). The number of amides is 1. The van der Waals surface area contributed by atoms with Gasteiger partial charge < -0.3 is 5.32 Å². The molecular formula is C22H25N5O. The van der Waals surface area contributed by atoms with Crippen molar-refractivity contribution >= 4 is 11.6 Å². The fraction of sp³-hybridized carbons (Fsp3) is 0.273. The van der Waals surface area contributed by atoms with Crippen LogP contribution in [-0.2, 0) is 11.3 Å². The van der Waals surface area contributed by atoms with Gasteiger partial charge in [-0.25, -0.2) is 4.68 Å². The Kier molecular flexibility index (Phi) is 5.80. The number of hydrogen-bond donors (Lipinski definition) is 1. The number of carbonyl (C=O) groups excluding carboxylic acids is 1. The third-order valence-corrected chi connectivity index (χ3v) is 5.00. The number of hydrogen-bond acceptors (Lipinski definition) is 4. The topological polar surface area (TPSA) is 53.4 Å². The number of rotatable bonds is 6. The zero-order valence-electron chi connectivity index (χ0n) is 15.9. The van der Waals surface area contributed by atoms with Crippen LogP contribution in [0.5, 0.6) is 0 Å². The summed E-state index contributed by atoms with van der Waals surface area (Å²) in [5, 5.41) is 7.21. The molecule has 1 aliphatic heterocycles. The number of benzene rings is 2. The molecule has 1 fully saturated rings. The third kappa shape index (κ3) is 4.85. The lowest BCUT2D eigenvalue weighted by atomic mass is 10.2. The van der Waals surface area contributed by atoms with Gasteiger partial charge in [0.05, 0.1) is 12.2 Å². The molecule has 2 heterocycles. The highest BCUT2D eigenvalue weighted by Crippen LogP contribution is 2.13. The molecule has 28 heavy (non-hydrogen) atoms. The molecule has 0 spiro atoms. The Morgan fingerprint density at radius 2 is 1.61 bits per heavy atom. The van der Waals surface area contributed by atoms with E-state index in [0.29, 0.717) is 6.54 Å². The molecule has 2 aromatic carbocycles. The summed E-state index contributed by atoms with van der Waals surface area (Å²) in [6.45, 7) is 5.14. The summed E-state index contributed by atoms with van der Waals surface area (Å²) < 4.78 is 1.86. The van der Waals surface area contributed by atoms with Gasteiger partial charge in [0.25, 0.3) is 0 Å². The fourth-order valence-corrected chi connectivity index (χ4v) is 3.46. The zero-order valence-corrected chi connectivity index (χ0v) is 15.9. The third-order valence-electron chi connectivity index (χ3n) is 5.00. The summed E-state index contributed by atoms with van der Waals surface area (Å²) in [5.74, 6) is 0.0499. The van der Waals surface area contributed by atoms with Gasteiger partial charge in [0, 0.05) is 50.8 Å². The first kappa shape index (κ1) is 18.4. The maximum absolute atomic E-state index is 12.2. The van der Waals surface area contributed by atoms with Crippen LogP contribution in [-0.4, -0.2) is 58.2 Å². The highest BCUT2D eigenvalue weighted by atomic mass is 16.2. The van der Waals surface area contributed by atoms with Crippen molar-refractivity contribution in [1.82, 2.24) is 19.6 Å². The molecule has 6 heteroatoms. The van der Waals surface area contributed by atoms with Crippen LogP contribution in [0.2, 0.25) is 0 Å². The van der Waals surface area contributed by atoms with Crippen LogP contribution in [0.15, 0.2) is 73.1 Å². The standard InChI is InChI=1S/C22H25N5O/c28-22(24-20-5-2-1-3-6-20)18-26-15-13-25(14-16-26)17-19-7-9-21(10-8-19)27-12-4-11-23-27/h1-12H,13-18H2,(H,24,28). The minimum atomic E-state index is 0.0499. The normalized spacial score (nSPS) is 15.4. The van der Waals surface area contributed by atoms with Gasteiger partial charge >= 0.3 is 0 Å². The number of aromatic nitrogens is 2. The first-order valence-corrected chi connectivity index (χ1v) is 9.65. The molecule has 0 aliphatic carbocycles. The van der Waals surface area contributed by atoms with Crippen molar-refractivity contribution in [2.24, 2.45) is 0 Å². The molecule has 3 aromatic rings. The molecule has 0 saturated carbocycles. The Hall–Kier alpha value is -2.96. The lowest BCUT2D eigenvalue weighted by molar-refractivity contribution is -0.117. The zero-order chi connectivity index (χ0) is 19.2. The molecule has 1 saturated heterocycles. The van der Waals surface area contributed by atoms with Crippen LogP contribution in [0, 0.1) is 0 Å². The molecule has 0 radical (unpaired) electrons. The maximum atomic E-state index is 12.2. The maximum Gasteiger partial charge on any atom is 0.238 e. The second kappa shape index (κ2) is 8.82. The second-order valence-corrected chi connectivity index (χ2v) is 7.08. The van der Waals surface area contributed by atoms with Crippen LogP contribution in [0.4, 0.5) is 5.69 Å². The summed E-state index contributed by atoms with van der Waals surface area (Å²) in [4.78, 5) is 16.9. The molecule has 0 bridgehead atoms. The van der Waals surface area contributed by atoms with E-state index in [0.717, 1.165) is 44.1 Å². The SMILES string of the molecule is O=C(CN1CCN(Cc2ccc(-n3cccn3)cc2)CC1)Nc1ccccc1. The molecule has 1 N–H and O–H groups in total. The van der Waals surface area contributed by atoms with Gasteiger partial charge in [-0.15, -0.1) is 0 Å². The minimum Gasteiger partial charge on any atom is -0.325 e. The van der Waals surface area contributed by atoms with Crippen molar-refractivity contribution in [3.05, 3.63) is 78.6 Å². The average Bonchev–Trinajstić information content (AvgIpc) is 3.26. The lowest BCUT2D eigenvalue weighted by Gasteiger charge is -2.34. The Morgan fingerprint density at radius 3 is 2.29 bits per heavy atom. The van der Waals surface area contributed by atoms with Crippen LogP contribution >= 0.6 is 0 Å². The van der Waals surface area contributed by atoms with E-state index in [1.165, 1.54) is 5.56 Å². The molecular weight excluding hydrogens is 350 g/mol. The molecule has 0 unspecified atom stereocenters. The van der Waals surface area contributed by atoms with Gasteiger partial charge in [0.15, 0.2) is 0 Å². The summed E-state index contributed by atoms with van der Waals surface area (Å²) in [6.07, 6.45) is 3.73. The average molecular weight is 375 g/mol. The number of nitrogens with one attached hydrogen (secondary N) is 1. The van der Waals surface area contributed by atoms with Crippen LogP contribution < -0.4 is 5.32 Å². The van der Waals surface area contributed by atoms with Crippen molar-refractivity contribution in [3.63, 3.8) is 0 Å². The van der Waals surface area contributed by atoms with Gasteiger partial charge in [-0.05, 0) is 35.9 Å². The van der Waals surface area contributed by atoms with Crippen molar-refractivity contribution in [2.45, 2.75) is 6.54 Å². The Labute approximate surface area is 165 Å². The Balaban J connectivity index is 1.22. The van der Waals surface area contributed by atoms with Crippen molar-refractivity contribution in [1.29, 1.82) is 0 Å². The second-order valence-electron chi connectivity index (χ2n) is 7.08. The van der Waals surface area contributed by atoms with E-state index in [4.69, 9.17) is 0 Å². The van der Waals surface area contributed by atoms with E-state index in [1.807, 2.05) is 47.3 Å². The van der Waals surface area contributed by atoms with E-state index < -0.39 is 0 Å². The van der Waals surface area contributed by atoms with Crippen LogP contribution in [0.25, 0.3) is 5.69 Å². The molecule has 1 aliphatic rings. The van der Waals surface area contributed by atoms with Crippen LogP contribution in [0.1, 0.15) is 5.56 Å². The smallest absolute Gasteiger partial charge is 0.238 e. The highest BCUT2D eigenvalue weighted by Gasteiger charge is 2.19. The van der Waals surface area contributed by atoms with Gasteiger partial charge in [0.1, 0.15) is 0 Å². The van der Waals surface area contributed by atoms with Crippen molar-refractivity contribution in [2.75, 3.05) is 38.0 Å². The van der Waals surface area contributed by atoms with E-state index >= 15 is 0 Å². The highest BCUT2D eigenvalue weighted by molar-refractivity contribution is 5.92. The summed E-state index contributed by atoms with van der Waals surface area (Å²) in [7, 11) is 0. The summed E-state index contributed by atoms with van der Waals surface area (Å²) in [5.41, 5.74) is 3.22. The van der Waals surface area contributed by atoms with Gasteiger partial charge in [-0.1, -0.05) is 30.3 Å². The van der Waals surface area contributed by atoms with Crippen LogP contribution in [0.3, 0.4) is 0 Å². The van der Waals surface area contributed by atoms with Gasteiger partial charge in [-0.3, -0.25) is 14.6 Å². The van der Waals surface area contributed by atoms with Gasteiger partial charge in [-0.2, -0.15) is 5.10 Å². The summed E-state index contributed by atoms with van der Waals surface area (Å²) in [6, 6.07) is 20.1. The molecule has 0 atom stereocenters. The quantitative estimate of drug-likeness (QED) is 0.720. The number of carbonyl (C=O) groups is 1. The van der Waals surface area contributed by atoms with E-state index in [-0.39, 0.29) is 5.91 Å². The summed E-state index contributed by atoms with van der Waals surface area (Å²) >= 11 is 0. The number of nitrogens with zero attached hydrogens (tertiary/aromatic N) is 4. The molecule has 1 aromatic heterocycles. The largest absolute Gasteiger partial charge is 0.325 e. The Morgan fingerprint density at radius 1 is 0.893 bits per heavy atom. The first-order valence-electron chi connectivity index (χ1n) is 9.65. The van der Waals surface area contributed by atoms with E-state index in [9.17, 15) is 4.79 Å². The fourth-order valence-electron chi connectivity index (χ4n) is 3.46. The molecule has 144 valence electrons.